The first-order valence-corrected chi connectivity index (χ1v) is 25.2. The van der Waals surface area contributed by atoms with Crippen LogP contribution in [0.4, 0.5) is 14.7 Å². The van der Waals surface area contributed by atoms with E-state index in [4.69, 9.17) is 19.2 Å². The molecule has 2 fully saturated rings. The van der Waals surface area contributed by atoms with Crippen LogP contribution in [0.3, 0.4) is 0 Å². The van der Waals surface area contributed by atoms with Crippen molar-refractivity contribution in [3.63, 3.8) is 0 Å². The number of anilines is 1. The number of ether oxygens (including phenoxy) is 3. The molecule has 2 heterocycles. The van der Waals surface area contributed by atoms with Gasteiger partial charge in [0.15, 0.2) is 5.13 Å². The van der Waals surface area contributed by atoms with Gasteiger partial charge in [0, 0.05) is 48.5 Å². The molecular weight excluding hydrogens is 864 g/mol. The largest absolute Gasteiger partial charge is 0.497 e. The highest BCUT2D eigenvalue weighted by molar-refractivity contribution is 7.59. The van der Waals surface area contributed by atoms with E-state index in [1.54, 1.807) is 50.5 Å². The maximum Gasteiger partial charge on any atom is 0.407 e. The van der Waals surface area contributed by atoms with Crippen LogP contribution in [0, 0.1) is 18.8 Å². The number of pyridine rings is 1. The molecule has 6 rings (SSSR count). The van der Waals surface area contributed by atoms with E-state index in [1.165, 1.54) is 0 Å². The van der Waals surface area contributed by atoms with Gasteiger partial charge < -0.3 is 44.7 Å². The Hall–Kier alpha value is -4.98. The number of urea groups is 1. The molecule has 65 heavy (non-hydrogen) atoms. The maximum absolute atomic E-state index is 13.2. The molecule has 4 aromatic rings. The van der Waals surface area contributed by atoms with Gasteiger partial charge in [-0.05, 0) is 89.8 Å². The van der Waals surface area contributed by atoms with E-state index in [2.05, 4.69) is 69.1 Å². The van der Waals surface area contributed by atoms with Crippen LogP contribution in [0.25, 0.3) is 22.3 Å². The molecule has 4 atom stereocenters. The summed E-state index contributed by atoms with van der Waals surface area (Å²) in [6.45, 7) is 20.7. The lowest BCUT2D eigenvalue weighted by Gasteiger charge is -2.28. The molecule has 0 bridgehead atoms. The number of aldehydes is 1. The molecule has 358 valence electrons. The van der Waals surface area contributed by atoms with Gasteiger partial charge in [-0.25, -0.2) is 19.6 Å². The Morgan fingerprint density at radius 3 is 2.29 bits per heavy atom. The average Bonchev–Trinajstić information content (AvgIpc) is 3.50. The van der Waals surface area contributed by atoms with Gasteiger partial charge in [-0.2, -0.15) is 0 Å². The highest BCUT2D eigenvalue weighted by Gasteiger charge is 2.65. The molecular formula is C49H73N6O8PS. The molecule has 3 unspecified atom stereocenters. The zero-order valence-electron chi connectivity index (χ0n) is 40.3. The van der Waals surface area contributed by atoms with Crippen molar-refractivity contribution in [2.24, 2.45) is 11.8 Å². The molecule has 0 radical (unpaired) electrons. The fraction of sp³-hybridized carbons (Fsp3) is 0.531. The summed E-state index contributed by atoms with van der Waals surface area (Å²) in [5, 5.41) is 11.3. The minimum atomic E-state index is -3.65. The number of hydrogen-bond acceptors (Lipinski definition) is 11. The first-order chi connectivity index (χ1) is 30.8. The summed E-state index contributed by atoms with van der Waals surface area (Å²) in [5.74, 6) is 2.21. The topological polar surface area (TPSA) is 181 Å². The Bertz CT molecular complexity index is 2190. The number of alkyl carbamates (subject to hydrolysis) is 1. The lowest BCUT2D eigenvalue weighted by atomic mass is 10.1. The van der Waals surface area contributed by atoms with Gasteiger partial charge in [-0.1, -0.05) is 70.0 Å². The number of thiazole rings is 1. The van der Waals surface area contributed by atoms with Gasteiger partial charge in [0.1, 0.15) is 34.9 Å². The number of methoxy groups -OCH3 is 2. The number of carbonyl (C=O) groups is 3. The predicted molar refractivity (Wildman–Crippen MR) is 264 cm³/mol. The zero-order chi connectivity index (χ0) is 48.3. The maximum atomic E-state index is 13.2. The summed E-state index contributed by atoms with van der Waals surface area (Å²) in [6, 6.07) is 14.9. The molecule has 2 saturated carbocycles. The Kier molecular flexibility index (Phi) is 21.9. The van der Waals surface area contributed by atoms with E-state index in [1.807, 2.05) is 60.8 Å². The molecule has 2 aromatic heterocycles. The molecule has 14 nitrogen and oxygen atoms in total. The van der Waals surface area contributed by atoms with E-state index >= 15 is 0 Å². The second kappa shape index (κ2) is 26.2. The molecule has 16 heteroatoms. The quantitative estimate of drug-likeness (QED) is 0.0477. The van der Waals surface area contributed by atoms with Crippen LogP contribution in [0.1, 0.15) is 105 Å². The van der Waals surface area contributed by atoms with Crippen molar-refractivity contribution in [2.75, 3.05) is 33.1 Å². The van der Waals surface area contributed by atoms with Crippen molar-refractivity contribution in [3.05, 3.63) is 77.7 Å². The Balaban J connectivity index is 0.000000259. The minimum Gasteiger partial charge on any atom is -0.497 e. The summed E-state index contributed by atoms with van der Waals surface area (Å²) in [4.78, 5) is 55.5. The van der Waals surface area contributed by atoms with Crippen LogP contribution >= 0.6 is 18.7 Å². The van der Waals surface area contributed by atoms with Crippen LogP contribution in [-0.4, -0.2) is 89.5 Å². The molecule has 2 aliphatic carbocycles. The molecule has 3 amide bonds. The summed E-state index contributed by atoms with van der Waals surface area (Å²) >= 11 is 1.57. The zero-order valence-corrected chi connectivity index (χ0v) is 42.0. The minimum absolute atomic E-state index is 0.0535. The summed E-state index contributed by atoms with van der Waals surface area (Å²) in [6.07, 6.45) is 8.48. The van der Waals surface area contributed by atoms with Gasteiger partial charge >= 0.3 is 12.1 Å². The van der Waals surface area contributed by atoms with Crippen LogP contribution in [0.15, 0.2) is 66.6 Å². The lowest BCUT2D eigenvalue weighted by Crippen LogP contribution is -2.45. The number of fused-ring (bicyclic) bond motifs is 1. The van der Waals surface area contributed by atoms with Crippen molar-refractivity contribution in [1.82, 2.24) is 25.5 Å². The van der Waals surface area contributed by atoms with Gasteiger partial charge in [-0.15, -0.1) is 17.9 Å². The monoisotopic (exact) mass is 936 g/mol. The van der Waals surface area contributed by atoms with Gasteiger partial charge in [0.25, 0.3) is 0 Å². The number of amides is 3. The number of nitrogens with one attached hydrogen (secondary N) is 3. The number of rotatable bonds is 16. The number of nitrogens with zero attached hydrogens (tertiary/aromatic N) is 3. The molecule has 0 aliphatic heterocycles. The second-order valence-electron chi connectivity index (χ2n) is 17.6. The van der Waals surface area contributed by atoms with Crippen molar-refractivity contribution in [1.29, 1.82) is 0 Å². The molecule has 0 spiro atoms. The highest BCUT2D eigenvalue weighted by Crippen LogP contribution is 2.70. The Morgan fingerprint density at radius 2 is 1.72 bits per heavy atom. The van der Waals surface area contributed by atoms with E-state index in [-0.39, 0.29) is 24.2 Å². The number of hydrogen-bond donors (Lipinski definition) is 4. The fourth-order valence-corrected chi connectivity index (χ4v) is 10.1. The van der Waals surface area contributed by atoms with E-state index in [9.17, 15) is 23.8 Å². The normalized spacial score (nSPS) is 17.7. The third-order valence-electron chi connectivity index (χ3n) is 10.4. The standard InChI is InChI=1S/C19H29N2O3P.C17H19N3O2S.C9H15NO3.C4H10/c1-5-7-11-21(4)18(22)20-19(13-17(19)6-2)25(23,24)14-16-10-8-9-15(3)12-16;1-10(2)18-17-20-15(9-23-17)14-8-16(22-4)12-6-5-11(21-3)7-13(12)19-14;1-7(6-11)10-9(12)13-8-4-2-3-5-8;1-4(2)3/h6,8-10,12,17H,2,5,7,11,13-14H2,1,3-4H3,(H,20,22)(H,23,24);5-10H,1-4H3,(H,18,20);6-8H,2-5H2,1H3,(H,10,12);4H,1-3H3/t17?,19-;;;/m0.../s1. The third kappa shape index (κ3) is 17.1. The molecule has 0 saturated heterocycles. The van der Waals surface area contributed by atoms with Crippen molar-refractivity contribution in [3.8, 4) is 22.9 Å². The second-order valence-corrected chi connectivity index (χ2v) is 20.9. The van der Waals surface area contributed by atoms with Crippen LogP contribution < -0.4 is 25.4 Å². The smallest absolute Gasteiger partial charge is 0.407 e. The van der Waals surface area contributed by atoms with Crippen LogP contribution in [-0.2, 0) is 20.3 Å². The molecule has 4 N–H and O–H groups in total. The summed E-state index contributed by atoms with van der Waals surface area (Å²) < 4.78 is 29.1. The molecule has 2 aliphatic rings. The number of unbranched alkanes of at least 4 members (excludes halogenated alkanes) is 1. The Labute approximate surface area is 390 Å². The van der Waals surface area contributed by atoms with E-state index < -0.39 is 24.8 Å². The van der Waals surface area contributed by atoms with E-state index in [0.29, 0.717) is 25.3 Å². The first kappa shape index (κ1) is 54.4. The average molecular weight is 937 g/mol. The van der Waals surface area contributed by atoms with E-state index in [0.717, 1.165) is 94.5 Å². The number of carbonyl (C=O) groups excluding carboxylic acids is 3. The third-order valence-corrected chi connectivity index (χ3v) is 13.8. The SMILES string of the molecule is C=CC1C[C@]1(NC(=O)N(C)CCCC)P(=O)(O)Cc1cccc(C)c1.CC(C)C.CC(C=O)NC(=O)OC1CCCC1.COc1ccc2c(OC)cc(-c3csc(NC(C)C)n3)nc2c1. The van der Waals surface area contributed by atoms with Crippen molar-refractivity contribution in [2.45, 2.75) is 130 Å². The van der Waals surface area contributed by atoms with Crippen LogP contribution in [0.5, 0.6) is 11.5 Å². The van der Waals surface area contributed by atoms with Crippen molar-refractivity contribution >= 4 is 53.2 Å². The lowest BCUT2D eigenvalue weighted by molar-refractivity contribution is -0.109. The van der Waals surface area contributed by atoms with Gasteiger partial charge in [0.05, 0.1) is 37.6 Å². The number of aryl methyl sites for hydroxylation is 1. The highest BCUT2D eigenvalue weighted by atomic mass is 32.1. The van der Waals surface area contributed by atoms with Gasteiger partial charge in [0.2, 0.25) is 7.37 Å². The fourth-order valence-electron chi connectivity index (χ4n) is 6.88. The predicted octanol–water partition coefficient (Wildman–Crippen LogP) is 11.2. The van der Waals surface area contributed by atoms with Crippen molar-refractivity contribution < 1.29 is 38.1 Å². The van der Waals surface area contributed by atoms with Gasteiger partial charge in [-0.3, -0.25) is 4.57 Å². The summed E-state index contributed by atoms with van der Waals surface area (Å²) in [5.41, 5.74) is 4.31. The summed E-state index contributed by atoms with van der Waals surface area (Å²) in [7, 11) is 1.37. The van der Waals surface area contributed by atoms with Crippen LogP contribution in [0.2, 0.25) is 0 Å². The first-order valence-electron chi connectivity index (χ1n) is 22.5. The molecule has 2 aromatic carbocycles. The number of aromatic nitrogens is 2. The Morgan fingerprint density at radius 1 is 1.03 bits per heavy atom. The number of benzene rings is 2.